The zero-order valence-corrected chi connectivity index (χ0v) is 14.2. The molecule has 0 spiro atoms. The maximum atomic E-state index is 12.2. The van der Waals surface area contributed by atoms with E-state index in [2.05, 4.69) is 26.6 Å². The molecule has 5 nitrogen and oxygen atoms in total. The van der Waals surface area contributed by atoms with Crippen LogP contribution in [0.15, 0.2) is 46.9 Å². The Morgan fingerprint density at radius 3 is 2.48 bits per heavy atom. The third-order valence-electron chi connectivity index (χ3n) is 3.53. The monoisotopic (exact) mass is 376 g/mol. The fraction of sp³-hybridized carbons (Fsp3) is 0.235. The first-order valence-electron chi connectivity index (χ1n) is 7.35. The van der Waals surface area contributed by atoms with Gasteiger partial charge in [0.2, 0.25) is 0 Å². The van der Waals surface area contributed by atoms with Crippen LogP contribution in [0, 0.1) is 0 Å². The summed E-state index contributed by atoms with van der Waals surface area (Å²) in [6.45, 7) is 2.97. The summed E-state index contributed by atoms with van der Waals surface area (Å²) in [6, 6.07) is 13.0. The quantitative estimate of drug-likeness (QED) is 0.847. The van der Waals surface area contributed by atoms with Crippen LogP contribution in [0.2, 0.25) is 0 Å². The van der Waals surface area contributed by atoms with E-state index in [1.165, 1.54) is 0 Å². The first-order valence-corrected chi connectivity index (χ1v) is 8.14. The molecule has 2 N–H and O–H groups in total. The van der Waals surface area contributed by atoms with Crippen LogP contribution in [-0.4, -0.2) is 19.2 Å². The molecule has 2 amide bonds. The normalized spacial score (nSPS) is 14.0. The first-order chi connectivity index (χ1) is 11.1. The van der Waals surface area contributed by atoms with Crippen molar-refractivity contribution in [2.24, 2.45) is 0 Å². The Morgan fingerprint density at radius 1 is 1.13 bits per heavy atom. The average molecular weight is 377 g/mol. The van der Waals surface area contributed by atoms with E-state index in [0.29, 0.717) is 30.4 Å². The van der Waals surface area contributed by atoms with Crippen LogP contribution in [0.5, 0.6) is 11.5 Å². The summed E-state index contributed by atoms with van der Waals surface area (Å²) in [5.74, 6) is 1.30. The largest absolute Gasteiger partial charge is 0.486 e. The number of carbonyl (C=O) groups excluding carboxylic acids is 1. The van der Waals surface area contributed by atoms with E-state index in [-0.39, 0.29) is 12.1 Å². The van der Waals surface area contributed by atoms with Gasteiger partial charge >= 0.3 is 6.03 Å². The summed E-state index contributed by atoms with van der Waals surface area (Å²) in [5.41, 5.74) is 1.68. The molecule has 1 aliphatic heterocycles. The van der Waals surface area contributed by atoms with Crippen LogP contribution in [-0.2, 0) is 0 Å². The van der Waals surface area contributed by atoms with Crippen LogP contribution in [0.1, 0.15) is 18.5 Å². The van der Waals surface area contributed by atoms with Crippen molar-refractivity contribution in [3.63, 3.8) is 0 Å². The highest BCUT2D eigenvalue weighted by Crippen LogP contribution is 2.38. The Morgan fingerprint density at radius 2 is 1.78 bits per heavy atom. The van der Waals surface area contributed by atoms with Gasteiger partial charge in [0.05, 0.1) is 11.7 Å². The van der Waals surface area contributed by atoms with E-state index in [9.17, 15) is 4.79 Å². The highest BCUT2D eigenvalue weighted by molar-refractivity contribution is 9.10. The Hall–Kier alpha value is -2.21. The number of halogens is 1. The number of benzene rings is 2. The number of nitrogens with one attached hydrogen (secondary N) is 2. The van der Waals surface area contributed by atoms with Crippen molar-refractivity contribution in [1.29, 1.82) is 0 Å². The van der Waals surface area contributed by atoms with E-state index in [1.807, 2.05) is 37.3 Å². The lowest BCUT2D eigenvalue weighted by molar-refractivity contribution is 0.171. The molecule has 2 aromatic carbocycles. The molecule has 6 heteroatoms. The van der Waals surface area contributed by atoms with Crippen molar-refractivity contribution in [3.05, 3.63) is 52.5 Å². The molecular weight excluding hydrogens is 360 g/mol. The van der Waals surface area contributed by atoms with Crippen molar-refractivity contribution in [1.82, 2.24) is 5.32 Å². The molecule has 0 aromatic heterocycles. The van der Waals surface area contributed by atoms with E-state index >= 15 is 0 Å². The zero-order chi connectivity index (χ0) is 16.2. The predicted octanol–water partition coefficient (Wildman–Crippen LogP) is 4.10. The highest BCUT2D eigenvalue weighted by Gasteiger charge is 2.17. The number of hydrogen-bond acceptors (Lipinski definition) is 3. The van der Waals surface area contributed by atoms with E-state index in [4.69, 9.17) is 9.47 Å². The fourth-order valence-electron chi connectivity index (χ4n) is 2.34. The average Bonchev–Trinajstić information content (AvgIpc) is 2.56. The van der Waals surface area contributed by atoms with Crippen molar-refractivity contribution in [2.75, 3.05) is 18.5 Å². The number of fused-ring (bicyclic) bond motifs is 1. The fourth-order valence-corrected chi connectivity index (χ4v) is 2.76. The van der Waals surface area contributed by atoms with Crippen molar-refractivity contribution < 1.29 is 14.3 Å². The molecule has 0 saturated heterocycles. The number of anilines is 1. The Kier molecular flexibility index (Phi) is 4.71. The van der Waals surface area contributed by atoms with Crippen LogP contribution < -0.4 is 20.1 Å². The van der Waals surface area contributed by atoms with Gasteiger partial charge in [-0.1, -0.05) is 30.3 Å². The SMILES string of the molecule is CC(NC(=O)Nc1cc2c(cc1Br)OCCO2)c1ccccc1. The molecule has 0 bridgehead atoms. The number of ether oxygens (including phenoxy) is 2. The van der Waals surface area contributed by atoms with Gasteiger partial charge in [-0.25, -0.2) is 4.79 Å². The minimum atomic E-state index is -0.279. The molecule has 3 rings (SSSR count). The summed E-state index contributed by atoms with van der Waals surface area (Å²) in [7, 11) is 0. The third-order valence-corrected chi connectivity index (χ3v) is 4.18. The molecule has 0 aliphatic carbocycles. The van der Waals surface area contributed by atoms with Crippen molar-refractivity contribution >= 4 is 27.6 Å². The second-order valence-corrected chi connectivity index (χ2v) is 6.06. The second kappa shape index (κ2) is 6.91. The molecule has 1 heterocycles. The summed E-state index contributed by atoms with van der Waals surface area (Å²) < 4.78 is 11.8. The molecule has 0 fully saturated rings. The number of carbonyl (C=O) groups is 1. The molecule has 1 aliphatic rings. The molecule has 120 valence electrons. The predicted molar refractivity (Wildman–Crippen MR) is 92.1 cm³/mol. The number of amides is 2. The van der Waals surface area contributed by atoms with Crippen LogP contribution in [0.25, 0.3) is 0 Å². The van der Waals surface area contributed by atoms with E-state index < -0.39 is 0 Å². The smallest absolute Gasteiger partial charge is 0.319 e. The van der Waals surface area contributed by atoms with Gasteiger partial charge < -0.3 is 20.1 Å². The van der Waals surface area contributed by atoms with Gasteiger partial charge in [-0.15, -0.1) is 0 Å². The minimum absolute atomic E-state index is 0.0906. The first kappa shape index (κ1) is 15.7. The Labute approximate surface area is 143 Å². The molecule has 0 saturated carbocycles. The molecule has 0 radical (unpaired) electrons. The van der Waals surface area contributed by atoms with Gasteiger partial charge in [-0.05, 0) is 28.4 Å². The maximum Gasteiger partial charge on any atom is 0.319 e. The lowest BCUT2D eigenvalue weighted by Crippen LogP contribution is -2.31. The number of urea groups is 1. The second-order valence-electron chi connectivity index (χ2n) is 5.21. The Balaban J connectivity index is 1.68. The molecule has 2 aromatic rings. The van der Waals surface area contributed by atoms with Crippen molar-refractivity contribution in [2.45, 2.75) is 13.0 Å². The van der Waals surface area contributed by atoms with Crippen LogP contribution >= 0.6 is 15.9 Å². The van der Waals surface area contributed by atoms with Gasteiger partial charge in [0.25, 0.3) is 0 Å². The van der Waals surface area contributed by atoms with Gasteiger partial charge in [-0.2, -0.15) is 0 Å². The topological polar surface area (TPSA) is 59.6 Å². The molecule has 1 unspecified atom stereocenters. The maximum absolute atomic E-state index is 12.2. The van der Waals surface area contributed by atoms with Crippen LogP contribution in [0.3, 0.4) is 0 Å². The molecular formula is C17H17BrN2O3. The molecule has 1 atom stereocenters. The van der Waals surface area contributed by atoms with Crippen LogP contribution in [0.4, 0.5) is 10.5 Å². The van der Waals surface area contributed by atoms with E-state index in [0.717, 1.165) is 10.0 Å². The van der Waals surface area contributed by atoms with Crippen molar-refractivity contribution in [3.8, 4) is 11.5 Å². The summed E-state index contributed by atoms with van der Waals surface area (Å²) in [6.07, 6.45) is 0. The summed E-state index contributed by atoms with van der Waals surface area (Å²) in [4.78, 5) is 12.2. The number of rotatable bonds is 3. The van der Waals surface area contributed by atoms with Gasteiger partial charge in [-0.3, -0.25) is 0 Å². The van der Waals surface area contributed by atoms with Gasteiger partial charge in [0.15, 0.2) is 11.5 Å². The van der Waals surface area contributed by atoms with Gasteiger partial charge in [0.1, 0.15) is 13.2 Å². The summed E-state index contributed by atoms with van der Waals surface area (Å²) >= 11 is 3.44. The zero-order valence-electron chi connectivity index (χ0n) is 12.6. The standard InChI is InChI=1S/C17H17BrN2O3/c1-11(12-5-3-2-4-6-12)19-17(21)20-14-10-16-15(9-13(14)18)22-7-8-23-16/h2-6,9-11H,7-8H2,1H3,(H2,19,20,21). The third kappa shape index (κ3) is 3.76. The lowest BCUT2D eigenvalue weighted by atomic mass is 10.1. The Bertz CT molecular complexity index is 706. The lowest BCUT2D eigenvalue weighted by Gasteiger charge is -2.20. The van der Waals surface area contributed by atoms with E-state index in [1.54, 1.807) is 12.1 Å². The molecule has 23 heavy (non-hydrogen) atoms. The summed E-state index contributed by atoms with van der Waals surface area (Å²) in [5, 5.41) is 5.74. The van der Waals surface area contributed by atoms with Gasteiger partial charge in [0, 0.05) is 16.6 Å². The number of hydrogen-bond donors (Lipinski definition) is 2. The minimum Gasteiger partial charge on any atom is -0.486 e. The highest BCUT2D eigenvalue weighted by atomic mass is 79.9.